The van der Waals surface area contributed by atoms with E-state index in [-0.39, 0.29) is 10.7 Å². The van der Waals surface area contributed by atoms with Crippen LogP contribution in [0.25, 0.3) is 0 Å². The van der Waals surface area contributed by atoms with Crippen LogP contribution in [0.1, 0.15) is 27.9 Å². The van der Waals surface area contributed by atoms with Gasteiger partial charge < -0.3 is 4.90 Å². The summed E-state index contributed by atoms with van der Waals surface area (Å²) in [5.41, 5.74) is 4.78. The van der Waals surface area contributed by atoms with E-state index < -0.39 is 0 Å². The maximum absolute atomic E-state index is 11.8. The average molecular weight is 456 g/mol. The van der Waals surface area contributed by atoms with E-state index in [4.69, 9.17) is 0 Å². The fraction of sp³-hybridized carbons (Fsp3) is 0.235. The second-order valence-electron chi connectivity index (χ2n) is 5.26. The highest BCUT2D eigenvalue weighted by molar-refractivity contribution is 14.1. The molecule has 0 fully saturated rings. The summed E-state index contributed by atoms with van der Waals surface area (Å²) >= 11 is 6.13. The standard InChI is InChI=1S/C17H15BrINO/c1-20-15-7-5-13(9-11(15)6-8-16(20)21)17(18)12-3-2-4-14(19)10-12/h2-5,7,9-10,17H,6,8H2,1H3. The molecule has 108 valence electrons. The van der Waals surface area contributed by atoms with Crippen molar-refractivity contribution < 1.29 is 4.79 Å². The molecule has 1 atom stereocenters. The van der Waals surface area contributed by atoms with Gasteiger partial charge in [0.15, 0.2) is 0 Å². The molecule has 2 aromatic rings. The Kier molecular flexibility index (Phi) is 4.36. The molecule has 3 rings (SSSR count). The first-order chi connectivity index (χ1) is 10.1. The molecule has 1 amide bonds. The maximum atomic E-state index is 11.8. The SMILES string of the molecule is CN1C(=O)CCc2cc(C(Br)c3cccc(I)c3)ccc21. The van der Waals surface area contributed by atoms with E-state index >= 15 is 0 Å². The monoisotopic (exact) mass is 455 g/mol. The molecule has 2 aromatic carbocycles. The molecule has 0 spiro atoms. The van der Waals surface area contributed by atoms with E-state index in [2.05, 4.69) is 81.0 Å². The lowest BCUT2D eigenvalue weighted by Crippen LogP contribution is -2.31. The molecule has 2 nitrogen and oxygen atoms in total. The van der Waals surface area contributed by atoms with E-state index in [1.807, 2.05) is 7.05 Å². The molecule has 0 saturated heterocycles. The van der Waals surface area contributed by atoms with Crippen molar-refractivity contribution in [3.8, 4) is 0 Å². The lowest BCUT2D eigenvalue weighted by Gasteiger charge is -2.26. The Balaban J connectivity index is 1.95. The Morgan fingerprint density at radius 1 is 1.14 bits per heavy atom. The van der Waals surface area contributed by atoms with E-state index in [0.717, 1.165) is 12.1 Å². The lowest BCUT2D eigenvalue weighted by atomic mass is 9.96. The minimum Gasteiger partial charge on any atom is -0.315 e. The van der Waals surface area contributed by atoms with Crippen molar-refractivity contribution in [1.82, 2.24) is 0 Å². The zero-order valence-electron chi connectivity index (χ0n) is 11.6. The third kappa shape index (κ3) is 3.01. The predicted molar refractivity (Wildman–Crippen MR) is 98.1 cm³/mol. The van der Waals surface area contributed by atoms with E-state index in [9.17, 15) is 4.79 Å². The van der Waals surface area contributed by atoms with Crippen LogP contribution in [0.4, 0.5) is 5.69 Å². The van der Waals surface area contributed by atoms with Gasteiger partial charge in [-0.1, -0.05) is 40.2 Å². The second-order valence-corrected chi connectivity index (χ2v) is 7.42. The van der Waals surface area contributed by atoms with E-state index in [0.29, 0.717) is 6.42 Å². The van der Waals surface area contributed by atoms with Crippen molar-refractivity contribution in [3.63, 3.8) is 0 Å². The van der Waals surface area contributed by atoms with Crippen molar-refractivity contribution in [2.45, 2.75) is 17.7 Å². The van der Waals surface area contributed by atoms with E-state index in [1.54, 1.807) is 4.90 Å². The number of benzene rings is 2. The van der Waals surface area contributed by atoms with Gasteiger partial charge in [-0.15, -0.1) is 0 Å². The molecule has 21 heavy (non-hydrogen) atoms. The highest BCUT2D eigenvalue weighted by Gasteiger charge is 2.22. The molecule has 1 aliphatic rings. The van der Waals surface area contributed by atoms with Gasteiger partial charge in [-0.2, -0.15) is 0 Å². The Labute approximate surface area is 146 Å². The predicted octanol–water partition coefficient (Wildman–Crippen LogP) is 4.68. The number of rotatable bonds is 2. The number of nitrogens with zero attached hydrogens (tertiary/aromatic N) is 1. The average Bonchev–Trinajstić information content (AvgIpc) is 2.50. The smallest absolute Gasteiger partial charge is 0.227 e. The molecule has 4 heteroatoms. The fourth-order valence-electron chi connectivity index (χ4n) is 2.69. The minimum absolute atomic E-state index is 0.181. The minimum atomic E-state index is 0.181. The van der Waals surface area contributed by atoms with Gasteiger partial charge in [-0.3, -0.25) is 4.79 Å². The van der Waals surface area contributed by atoms with Crippen LogP contribution in [0, 0.1) is 3.57 Å². The number of aryl methyl sites for hydroxylation is 1. The van der Waals surface area contributed by atoms with Crippen molar-refractivity contribution in [2.75, 3.05) is 11.9 Å². The van der Waals surface area contributed by atoms with Crippen LogP contribution in [0.5, 0.6) is 0 Å². The zero-order valence-corrected chi connectivity index (χ0v) is 15.4. The number of halogens is 2. The summed E-state index contributed by atoms with van der Waals surface area (Å²) < 4.78 is 1.23. The molecule has 0 radical (unpaired) electrons. The summed E-state index contributed by atoms with van der Waals surface area (Å²) in [5, 5.41) is 0. The highest BCUT2D eigenvalue weighted by Crippen LogP contribution is 2.35. The quantitative estimate of drug-likeness (QED) is 0.475. The first-order valence-corrected chi connectivity index (χ1v) is 8.84. The summed E-state index contributed by atoms with van der Waals surface area (Å²) in [5.74, 6) is 0.197. The Morgan fingerprint density at radius 2 is 1.90 bits per heavy atom. The molecular weight excluding hydrogens is 441 g/mol. The number of carbonyl (C=O) groups excluding carboxylic acids is 1. The van der Waals surface area contributed by atoms with Gasteiger partial charge in [0.05, 0.1) is 4.83 Å². The second kappa shape index (κ2) is 6.08. The number of amides is 1. The maximum Gasteiger partial charge on any atom is 0.227 e. The molecule has 1 aliphatic heterocycles. The molecule has 1 unspecified atom stereocenters. The fourth-order valence-corrected chi connectivity index (χ4v) is 3.83. The number of hydrogen-bond donors (Lipinski definition) is 0. The van der Waals surface area contributed by atoms with Crippen LogP contribution < -0.4 is 4.90 Å². The molecule has 0 aliphatic carbocycles. The topological polar surface area (TPSA) is 20.3 Å². The summed E-state index contributed by atoms with van der Waals surface area (Å²) in [4.78, 5) is 13.7. The molecule has 0 N–H and O–H groups in total. The van der Waals surface area contributed by atoms with Crippen molar-refractivity contribution in [3.05, 3.63) is 62.7 Å². The van der Waals surface area contributed by atoms with Gasteiger partial charge in [-0.05, 0) is 63.9 Å². The summed E-state index contributed by atoms with van der Waals surface area (Å²) in [6.07, 6.45) is 1.43. The van der Waals surface area contributed by atoms with Gasteiger partial charge in [0, 0.05) is 22.7 Å². The normalized spacial score (nSPS) is 15.8. The third-order valence-electron chi connectivity index (χ3n) is 3.88. The van der Waals surface area contributed by atoms with Gasteiger partial charge in [-0.25, -0.2) is 0 Å². The molecule has 1 heterocycles. The Hall–Kier alpha value is -0.880. The molecule has 0 aromatic heterocycles. The van der Waals surface area contributed by atoms with Crippen molar-refractivity contribution >= 4 is 50.1 Å². The Bertz CT molecular complexity index is 701. The van der Waals surface area contributed by atoms with Crippen molar-refractivity contribution in [1.29, 1.82) is 0 Å². The first kappa shape index (κ1) is 15.0. The van der Waals surface area contributed by atoms with Gasteiger partial charge >= 0.3 is 0 Å². The molecule has 0 saturated carbocycles. The van der Waals surface area contributed by atoms with Crippen LogP contribution in [0.3, 0.4) is 0 Å². The highest BCUT2D eigenvalue weighted by atomic mass is 127. The largest absolute Gasteiger partial charge is 0.315 e. The van der Waals surface area contributed by atoms with Crippen molar-refractivity contribution in [2.24, 2.45) is 0 Å². The van der Waals surface area contributed by atoms with Crippen LogP contribution in [0.15, 0.2) is 42.5 Å². The number of alkyl halides is 1. The number of carbonyl (C=O) groups is 1. The van der Waals surface area contributed by atoms with Crippen LogP contribution in [0.2, 0.25) is 0 Å². The molecule has 0 bridgehead atoms. The third-order valence-corrected chi connectivity index (χ3v) is 5.61. The summed E-state index contributed by atoms with van der Waals surface area (Å²) in [7, 11) is 1.85. The summed E-state index contributed by atoms with van der Waals surface area (Å²) in [6, 6.07) is 14.9. The van der Waals surface area contributed by atoms with Crippen LogP contribution in [-0.2, 0) is 11.2 Å². The lowest BCUT2D eigenvalue weighted by molar-refractivity contribution is -0.118. The van der Waals surface area contributed by atoms with Crippen LogP contribution >= 0.6 is 38.5 Å². The number of anilines is 1. The Morgan fingerprint density at radius 3 is 2.67 bits per heavy atom. The van der Waals surface area contributed by atoms with Crippen LogP contribution in [-0.4, -0.2) is 13.0 Å². The zero-order chi connectivity index (χ0) is 15.0. The first-order valence-electron chi connectivity index (χ1n) is 6.85. The number of fused-ring (bicyclic) bond motifs is 1. The van der Waals surface area contributed by atoms with Gasteiger partial charge in [0.2, 0.25) is 5.91 Å². The van der Waals surface area contributed by atoms with Gasteiger partial charge in [0.25, 0.3) is 0 Å². The van der Waals surface area contributed by atoms with Gasteiger partial charge in [0.1, 0.15) is 0 Å². The summed E-state index contributed by atoms with van der Waals surface area (Å²) in [6.45, 7) is 0. The molecular formula is C17H15BrINO. The van der Waals surface area contributed by atoms with E-state index in [1.165, 1.54) is 20.3 Å². The number of hydrogen-bond acceptors (Lipinski definition) is 1.